The molecule has 1 amide bonds. The lowest BCUT2D eigenvalue weighted by Gasteiger charge is -2.22. The Kier molecular flexibility index (Phi) is 6.07. The van der Waals surface area contributed by atoms with Crippen molar-refractivity contribution < 1.29 is 9.53 Å². The summed E-state index contributed by atoms with van der Waals surface area (Å²) in [6, 6.07) is 11.6. The van der Waals surface area contributed by atoms with E-state index in [0.29, 0.717) is 29.8 Å². The van der Waals surface area contributed by atoms with Gasteiger partial charge in [0, 0.05) is 6.20 Å². The first-order valence-electron chi connectivity index (χ1n) is 10.5. The topological polar surface area (TPSA) is 81.9 Å². The van der Waals surface area contributed by atoms with Crippen LogP contribution in [0.15, 0.2) is 42.6 Å². The minimum Gasteiger partial charge on any atom is -0.489 e. The molecule has 1 fully saturated rings. The first-order chi connectivity index (χ1) is 14.6. The monoisotopic (exact) mass is 405 g/mol. The average Bonchev–Trinajstić information content (AvgIpc) is 3.16. The summed E-state index contributed by atoms with van der Waals surface area (Å²) in [6.45, 7) is 4.50. The van der Waals surface area contributed by atoms with Crippen LogP contribution in [-0.4, -0.2) is 32.5 Å². The SMILES string of the molecule is Cc1ccc(-n2nnc(C(=O)Nc3ncccc3OCC3CCCCC3)c2C)cc1. The number of rotatable bonds is 6. The number of benzene rings is 1. The zero-order valence-electron chi connectivity index (χ0n) is 17.5. The van der Waals surface area contributed by atoms with E-state index in [1.54, 1.807) is 10.9 Å². The molecule has 0 saturated heterocycles. The molecule has 0 bridgehead atoms. The van der Waals surface area contributed by atoms with Crippen LogP contribution in [0.2, 0.25) is 0 Å². The fourth-order valence-electron chi connectivity index (χ4n) is 3.80. The van der Waals surface area contributed by atoms with Crippen LogP contribution in [0, 0.1) is 19.8 Å². The Bertz CT molecular complexity index is 1010. The smallest absolute Gasteiger partial charge is 0.279 e. The van der Waals surface area contributed by atoms with Gasteiger partial charge in [0.15, 0.2) is 17.3 Å². The molecule has 3 aromatic rings. The summed E-state index contributed by atoms with van der Waals surface area (Å²) >= 11 is 0. The van der Waals surface area contributed by atoms with Crippen LogP contribution in [0.3, 0.4) is 0 Å². The van der Waals surface area contributed by atoms with Gasteiger partial charge >= 0.3 is 0 Å². The van der Waals surface area contributed by atoms with Crippen LogP contribution in [-0.2, 0) is 0 Å². The molecule has 156 valence electrons. The number of pyridine rings is 1. The van der Waals surface area contributed by atoms with E-state index >= 15 is 0 Å². The maximum Gasteiger partial charge on any atom is 0.279 e. The van der Waals surface area contributed by atoms with Crippen molar-refractivity contribution in [3.63, 3.8) is 0 Å². The van der Waals surface area contributed by atoms with Crippen LogP contribution in [0.5, 0.6) is 5.75 Å². The lowest BCUT2D eigenvalue weighted by Crippen LogP contribution is -2.18. The second kappa shape index (κ2) is 9.07. The van der Waals surface area contributed by atoms with E-state index < -0.39 is 0 Å². The largest absolute Gasteiger partial charge is 0.489 e. The summed E-state index contributed by atoms with van der Waals surface area (Å²) in [5, 5.41) is 11.1. The molecule has 1 aromatic carbocycles. The number of aromatic nitrogens is 4. The number of nitrogens with one attached hydrogen (secondary N) is 1. The quantitative estimate of drug-likeness (QED) is 0.653. The van der Waals surface area contributed by atoms with E-state index in [0.717, 1.165) is 11.3 Å². The van der Waals surface area contributed by atoms with Crippen molar-refractivity contribution in [2.45, 2.75) is 46.0 Å². The third-order valence-corrected chi connectivity index (χ3v) is 5.59. The number of ether oxygens (including phenoxy) is 1. The molecule has 0 aliphatic heterocycles. The molecule has 2 heterocycles. The van der Waals surface area contributed by atoms with Gasteiger partial charge in [-0.2, -0.15) is 0 Å². The predicted octanol–water partition coefficient (Wildman–Crippen LogP) is 4.49. The van der Waals surface area contributed by atoms with Gasteiger partial charge in [-0.25, -0.2) is 9.67 Å². The van der Waals surface area contributed by atoms with Gasteiger partial charge in [0.25, 0.3) is 5.91 Å². The highest BCUT2D eigenvalue weighted by Gasteiger charge is 2.20. The number of anilines is 1. The molecule has 4 rings (SSSR count). The molecule has 0 unspecified atom stereocenters. The van der Waals surface area contributed by atoms with Gasteiger partial charge in [-0.15, -0.1) is 5.10 Å². The van der Waals surface area contributed by atoms with E-state index in [2.05, 4.69) is 20.6 Å². The minimum atomic E-state index is -0.355. The average molecular weight is 406 g/mol. The highest BCUT2D eigenvalue weighted by atomic mass is 16.5. The standard InChI is InChI=1S/C23H27N5O2/c1-16-10-12-19(13-11-16)28-17(2)21(26-27-28)23(29)25-22-20(9-6-14-24-22)30-15-18-7-4-3-5-8-18/h6,9-14,18H,3-5,7-8,15H2,1-2H3,(H,24,25,29). The summed E-state index contributed by atoms with van der Waals surface area (Å²) in [7, 11) is 0. The Balaban J connectivity index is 1.47. The normalized spacial score (nSPS) is 14.5. The number of hydrogen-bond acceptors (Lipinski definition) is 5. The third-order valence-electron chi connectivity index (χ3n) is 5.59. The van der Waals surface area contributed by atoms with Crippen molar-refractivity contribution in [2.24, 2.45) is 5.92 Å². The van der Waals surface area contributed by atoms with Crippen molar-refractivity contribution in [1.29, 1.82) is 0 Å². The van der Waals surface area contributed by atoms with Crippen molar-refractivity contribution in [3.05, 3.63) is 59.5 Å². The first-order valence-corrected chi connectivity index (χ1v) is 10.5. The Hall–Kier alpha value is -3.22. The molecule has 0 spiro atoms. The molecule has 1 N–H and O–H groups in total. The van der Waals surface area contributed by atoms with Gasteiger partial charge < -0.3 is 10.1 Å². The lowest BCUT2D eigenvalue weighted by atomic mass is 9.90. The van der Waals surface area contributed by atoms with Crippen LogP contribution in [0.25, 0.3) is 5.69 Å². The fourth-order valence-corrected chi connectivity index (χ4v) is 3.80. The summed E-state index contributed by atoms with van der Waals surface area (Å²) in [4.78, 5) is 17.2. The number of hydrogen-bond donors (Lipinski definition) is 1. The highest BCUT2D eigenvalue weighted by Crippen LogP contribution is 2.27. The first kappa shape index (κ1) is 20.1. The Morgan fingerprint density at radius 3 is 2.67 bits per heavy atom. The lowest BCUT2D eigenvalue weighted by molar-refractivity contribution is 0.102. The van der Waals surface area contributed by atoms with E-state index in [9.17, 15) is 4.79 Å². The molecule has 7 heteroatoms. The molecular formula is C23H27N5O2. The van der Waals surface area contributed by atoms with E-state index in [1.165, 1.54) is 32.1 Å². The number of carbonyl (C=O) groups excluding carboxylic acids is 1. The van der Waals surface area contributed by atoms with E-state index in [1.807, 2.05) is 50.2 Å². The maximum absolute atomic E-state index is 12.9. The number of nitrogens with zero attached hydrogens (tertiary/aromatic N) is 4. The van der Waals surface area contributed by atoms with Crippen molar-refractivity contribution in [3.8, 4) is 11.4 Å². The van der Waals surface area contributed by atoms with Gasteiger partial charge in [0.1, 0.15) is 0 Å². The molecule has 0 radical (unpaired) electrons. The Labute approximate surface area is 176 Å². The molecule has 30 heavy (non-hydrogen) atoms. The summed E-state index contributed by atoms with van der Waals surface area (Å²) < 4.78 is 7.67. The Morgan fingerprint density at radius 1 is 1.13 bits per heavy atom. The molecule has 0 atom stereocenters. The van der Waals surface area contributed by atoms with Gasteiger partial charge in [-0.1, -0.05) is 42.2 Å². The predicted molar refractivity (Wildman–Crippen MR) is 115 cm³/mol. The maximum atomic E-state index is 12.9. The number of carbonyl (C=O) groups is 1. The van der Waals surface area contributed by atoms with Crippen LogP contribution < -0.4 is 10.1 Å². The van der Waals surface area contributed by atoms with Crippen LogP contribution in [0.4, 0.5) is 5.82 Å². The van der Waals surface area contributed by atoms with E-state index in [-0.39, 0.29) is 11.6 Å². The molecule has 7 nitrogen and oxygen atoms in total. The fraction of sp³-hybridized carbons (Fsp3) is 0.391. The van der Waals surface area contributed by atoms with Gasteiger partial charge in [-0.05, 0) is 56.9 Å². The molecule has 2 aromatic heterocycles. The van der Waals surface area contributed by atoms with Crippen LogP contribution in [0.1, 0.15) is 53.8 Å². The zero-order valence-corrected chi connectivity index (χ0v) is 17.5. The number of aryl methyl sites for hydroxylation is 1. The van der Waals surface area contributed by atoms with Crippen molar-refractivity contribution >= 4 is 11.7 Å². The summed E-state index contributed by atoms with van der Waals surface area (Å²) in [6.07, 6.45) is 7.88. The highest BCUT2D eigenvalue weighted by molar-refractivity contribution is 6.03. The minimum absolute atomic E-state index is 0.263. The molecule has 1 aliphatic carbocycles. The second-order valence-corrected chi connectivity index (χ2v) is 7.89. The van der Waals surface area contributed by atoms with Crippen molar-refractivity contribution in [2.75, 3.05) is 11.9 Å². The second-order valence-electron chi connectivity index (χ2n) is 7.89. The number of amides is 1. The summed E-state index contributed by atoms with van der Waals surface area (Å²) in [5.41, 5.74) is 2.95. The van der Waals surface area contributed by atoms with E-state index in [4.69, 9.17) is 4.74 Å². The zero-order chi connectivity index (χ0) is 20.9. The van der Waals surface area contributed by atoms with Gasteiger partial charge in [-0.3, -0.25) is 4.79 Å². The molecule has 1 aliphatic rings. The van der Waals surface area contributed by atoms with Crippen LogP contribution >= 0.6 is 0 Å². The van der Waals surface area contributed by atoms with Gasteiger partial charge in [0.2, 0.25) is 0 Å². The molecule has 1 saturated carbocycles. The third kappa shape index (κ3) is 4.50. The van der Waals surface area contributed by atoms with Gasteiger partial charge in [0.05, 0.1) is 18.0 Å². The molecular weight excluding hydrogens is 378 g/mol. The summed E-state index contributed by atoms with van der Waals surface area (Å²) in [5.74, 6) is 1.20. The Morgan fingerprint density at radius 2 is 1.90 bits per heavy atom. The van der Waals surface area contributed by atoms with Crippen molar-refractivity contribution in [1.82, 2.24) is 20.0 Å².